The molecule has 0 saturated carbocycles. The predicted octanol–water partition coefficient (Wildman–Crippen LogP) is 2.27. The van der Waals surface area contributed by atoms with Crippen LogP contribution in [-0.2, 0) is 6.42 Å². The number of halogens is 1. The maximum Gasteiger partial charge on any atom is 0.341 e. The highest BCUT2D eigenvalue weighted by molar-refractivity contribution is 6.30. The van der Waals surface area contributed by atoms with Gasteiger partial charge in [0.1, 0.15) is 5.56 Å². The Morgan fingerprint density at radius 2 is 2.05 bits per heavy atom. The molecule has 3 aromatic rings. The van der Waals surface area contributed by atoms with E-state index in [2.05, 4.69) is 10.1 Å². The summed E-state index contributed by atoms with van der Waals surface area (Å²) >= 11 is 5.85. The van der Waals surface area contributed by atoms with Crippen molar-refractivity contribution in [2.45, 2.75) is 13.3 Å². The van der Waals surface area contributed by atoms with Crippen molar-refractivity contribution in [2.24, 2.45) is 0 Å². The largest absolute Gasteiger partial charge is 0.477 e. The molecule has 2 aromatic heterocycles. The zero-order valence-electron chi connectivity index (χ0n) is 11.6. The summed E-state index contributed by atoms with van der Waals surface area (Å²) in [6.45, 7) is 1.70. The van der Waals surface area contributed by atoms with Crippen LogP contribution in [0.5, 0.6) is 0 Å². The molecule has 0 spiro atoms. The molecule has 0 aliphatic rings. The molecule has 22 heavy (non-hydrogen) atoms. The van der Waals surface area contributed by atoms with Crippen LogP contribution in [0.2, 0.25) is 5.02 Å². The van der Waals surface area contributed by atoms with Crippen molar-refractivity contribution in [1.82, 2.24) is 14.6 Å². The Hall–Kier alpha value is -2.60. The highest BCUT2D eigenvalue weighted by atomic mass is 35.5. The van der Waals surface area contributed by atoms with Crippen LogP contribution in [0, 0.1) is 6.92 Å². The summed E-state index contributed by atoms with van der Waals surface area (Å²) in [6.07, 6.45) is 1.66. The number of carboxylic acids is 1. The normalized spacial score (nSPS) is 11.0. The van der Waals surface area contributed by atoms with E-state index in [-0.39, 0.29) is 16.8 Å². The van der Waals surface area contributed by atoms with Gasteiger partial charge in [0.2, 0.25) is 0 Å². The molecule has 0 saturated heterocycles. The third kappa shape index (κ3) is 2.37. The number of hydrogen-bond donors (Lipinski definition) is 2. The minimum atomic E-state index is -1.13. The number of nitrogens with one attached hydrogen (secondary N) is 1. The number of carbonyl (C=O) groups is 1. The van der Waals surface area contributed by atoms with Crippen LogP contribution in [0.25, 0.3) is 5.65 Å². The summed E-state index contributed by atoms with van der Waals surface area (Å²) in [5.41, 5.74) is 1.75. The van der Waals surface area contributed by atoms with Gasteiger partial charge in [0.25, 0.3) is 5.56 Å². The van der Waals surface area contributed by atoms with E-state index in [9.17, 15) is 9.59 Å². The summed E-state index contributed by atoms with van der Waals surface area (Å²) in [7, 11) is 0. The number of aromatic amines is 1. The second-order valence-corrected chi connectivity index (χ2v) is 5.37. The fourth-order valence-corrected chi connectivity index (χ4v) is 2.45. The molecular weight excluding hydrogens is 306 g/mol. The molecule has 1 aromatic carbocycles. The standard InChI is InChI=1S/C15H12ClN3O3/c1-8-11(6-9-2-4-10(16)5-3-9)14(20)19-13(18-8)12(7-17-19)15(21)22/h2-5,7,17H,6H2,1H3,(H,21,22). The first kappa shape index (κ1) is 14.3. The monoisotopic (exact) mass is 317 g/mol. The second kappa shape index (κ2) is 5.31. The van der Waals surface area contributed by atoms with Crippen LogP contribution in [0.4, 0.5) is 0 Å². The minimum absolute atomic E-state index is 0.0294. The second-order valence-electron chi connectivity index (χ2n) is 4.94. The number of nitrogens with zero attached hydrogens (tertiary/aromatic N) is 2. The van der Waals surface area contributed by atoms with Gasteiger partial charge in [0.15, 0.2) is 5.65 Å². The van der Waals surface area contributed by atoms with Gasteiger partial charge >= 0.3 is 5.97 Å². The molecule has 7 heteroatoms. The van der Waals surface area contributed by atoms with Gasteiger partial charge < -0.3 is 5.11 Å². The van der Waals surface area contributed by atoms with Gasteiger partial charge in [0, 0.05) is 28.9 Å². The Bertz CT molecular complexity index is 926. The number of aryl methyl sites for hydroxylation is 1. The molecule has 3 rings (SSSR count). The lowest BCUT2D eigenvalue weighted by molar-refractivity contribution is 0.0698. The molecule has 0 aliphatic heterocycles. The van der Waals surface area contributed by atoms with Crippen molar-refractivity contribution in [3.8, 4) is 0 Å². The van der Waals surface area contributed by atoms with E-state index in [1.165, 1.54) is 6.20 Å². The summed E-state index contributed by atoms with van der Waals surface area (Å²) in [4.78, 5) is 27.9. The van der Waals surface area contributed by atoms with E-state index >= 15 is 0 Å². The van der Waals surface area contributed by atoms with Gasteiger partial charge in [-0.1, -0.05) is 23.7 Å². The predicted molar refractivity (Wildman–Crippen MR) is 81.8 cm³/mol. The van der Waals surface area contributed by atoms with E-state index in [4.69, 9.17) is 16.7 Å². The molecule has 2 heterocycles. The zero-order chi connectivity index (χ0) is 15.9. The third-order valence-electron chi connectivity index (χ3n) is 3.49. The van der Waals surface area contributed by atoms with Crippen molar-refractivity contribution in [1.29, 1.82) is 0 Å². The van der Waals surface area contributed by atoms with E-state index in [0.717, 1.165) is 10.1 Å². The number of aromatic nitrogens is 3. The van der Waals surface area contributed by atoms with E-state index < -0.39 is 5.97 Å². The van der Waals surface area contributed by atoms with Gasteiger partial charge in [-0.25, -0.2) is 14.3 Å². The number of H-pyrrole nitrogens is 1. The first-order valence-corrected chi connectivity index (χ1v) is 6.92. The summed E-state index contributed by atoms with van der Waals surface area (Å²) < 4.78 is 1.15. The van der Waals surface area contributed by atoms with Crippen LogP contribution < -0.4 is 5.56 Å². The third-order valence-corrected chi connectivity index (χ3v) is 3.74. The van der Waals surface area contributed by atoms with Crippen molar-refractivity contribution in [3.63, 3.8) is 0 Å². The fraction of sp³-hybridized carbons (Fsp3) is 0.133. The Morgan fingerprint density at radius 3 is 2.68 bits per heavy atom. The van der Waals surface area contributed by atoms with Gasteiger partial charge in [0.05, 0.1) is 0 Å². The molecule has 0 bridgehead atoms. The minimum Gasteiger partial charge on any atom is -0.477 e. The first-order valence-electron chi connectivity index (χ1n) is 6.54. The van der Waals surface area contributed by atoms with Crippen LogP contribution in [0.15, 0.2) is 35.3 Å². The number of aromatic carboxylic acids is 1. The maximum atomic E-state index is 12.5. The Kier molecular flexibility index (Phi) is 3.46. The van der Waals surface area contributed by atoms with Gasteiger partial charge in [-0.05, 0) is 24.6 Å². The average molecular weight is 318 g/mol. The van der Waals surface area contributed by atoms with E-state index in [0.29, 0.717) is 22.7 Å². The number of hydrogen-bond acceptors (Lipinski definition) is 3. The molecule has 0 aliphatic carbocycles. The smallest absolute Gasteiger partial charge is 0.341 e. The number of benzene rings is 1. The number of fused-ring (bicyclic) bond motifs is 1. The highest BCUT2D eigenvalue weighted by Gasteiger charge is 2.17. The lowest BCUT2D eigenvalue weighted by atomic mass is 10.1. The number of carboxylic acid groups (broad SMARTS) is 1. The lowest BCUT2D eigenvalue weighted by Gasteiger charge is -2.06. The van der Waals surface area contributed by atoms with Crippen molar-refractivity contribution in [2.75, 3.05) is 0 Å². The zero-order valence-corrected chi connectivity index (χ0v) is 12.4. The SMILES string of the molecule is Cc1nc2c(C(=O)O)c[nH]n2c(=O)c1Cc1ccc(Cl)cc1. The summed E-state index contributed by atoms with van der Waals surface area (Å²) in [6, 6.07) is 7.20. The molecule has 2 N–H and O–H groups in total. The van der Waals surface area contributed by atoms with Gasteiger partial charge in [-0.3, -0.25) is 9.89 Å². The quantitative estimate of drug-likeness (QED) is 0.775. The van der Waals surface area contributed by atoms with Crippen LogP contribution >= 0.6 is 11.6 Å². The molecule has 0 fully saturated rings. The maximum absolute atomic E-state index is 12.5. The Labute approximate surface area is 130 Å². The van der Waals surface area contributed by atoms with Gasteiger partial charge in [-0.2, -0.15) is 0 Å². The number of rotatable bonds is 3. The highest BCUT2D eigenvalue weighted by Crippen LogP contribution is 2.15. The molecule has 0 unspecified atom stereocenters. The molecule has 112 valence electrons. The molecule has 6 nitrogen and oxygen atoms in total. The van der Waals surface area contributed by atoms with Gasteiger partial charge in [-0.15, -0.1) is 0 Å². The Balaban J connectivity index is 2.13. The molecule has 0 atom stereocenters. The summed E-state index contributed by atoms with van der Waals surface area (Å²) in [5.74, 6) is -1.13. The van der Waals surface area contributed by atoms with Crippen LogP contribution in [0.3, 0.4) is 0 Å². The van der Waals surface area contributed by atoms with Crippen molar-refractivity contribution >= 4 is 23.2 Å². The van der Waals surface area contributed by atoms with Crippen molar-refractivity contribution in [3.05, 3.63) is 68.2 Å². The topological polar surface area (TPSA) is 87.5 Å². The molecule has 0 radical (unpaired) electrons. The Morgan fingerprint density at radius 1 is 1.36 bits per heavy atom. The van der Waals surface area contributed by atoms with Crippen LogP contribution in [-0.4, -0.2) is 25.7 Å². The first-order chi connectivity index (χ1) is 10.5. The summed E-state index contributed by atoms with van der Waals surface area (Å²) in [5, 5.41) is 12.4. The molecular formula is C15H12ClN3O3. The van der Waals surface area contributed by atoms with E-state index in [1.54, 1.807) is 19.1 Å². The van der Waals surface area contributed by atoms with Crippen molar-refractivity contribution < 1.29 is 9.90 Å². The lowest BCUT2D eigenvalue weighted by Crippen LogP contribution is -2.22. The fourth-order valence-electron chi connectivity index (χ4n) is 2.32. The van der Waals surface area contributed by atoms with E-state index in [1.807, 2.05) is 12.1 Å². The molecule has 0 amide bonds. The average Bonchev–Trinajstić information content (AvgIpc) is 2.89. The van der Waals surface area contributed by atoms with Crippen LogP contribution in [0.1, 0.15) is 27.2 Å².